The fraction of sp³-hybridized carbons (Fsp3) is 0.500. The van der Waals surface area contributed by atoms with Gasteiger partial charge < -0.3 is 14.6 Å². The number of benzene rings is 1. The molecule has 2 rings (SSSR count). The van der Waals surface area contributed by atoms with Crippen molar-refractivity contribution in [3.8, 4) is 0 Å². The van der Waals surface area contributed by atoms with E-state index in [1.165, 1.54) is 17.3 Å². The van der Waals surface area contributed by atoms with Crippen LogP contribution in [0.3, 0.4) is 0 Å². The van der Waals surface area contributed by atoms with E-state index in [4.69, 9.17) is 4.74 Å². The van der Waals surface area contributed by atoms with Crippen LogP contribution in [0.4, 0.5) is 0 Å². The van der Waals surface area contributed by atoms with Crippen LogP contribution in [-0.2, 0) is 22.5 Å². The Morgan fingerprint density at radius 2 is 2.00 bits per heavy atom. The molecule has 1 aromatic carbocycles. The molecular formula is C20H29N3O2S. The molecule has 0 radical (unpaired) electrons. The molecule has 0 saturated carbocycles. The third-order valence-corrected chi connectivity index (χ3v) is 5.52. The zero-order valence-electron chi connectivity index (χ0n) is 16.3. The molecule has 1 unspecified atom stereocenters. The van der Waals surface area contributed by atoms with Crippen LogP contribution < -0.4 is 5.32 Å². The normalized spacial score (nSPS) is 12.2. The number of aromatic nitrogens is 2. The van der Waals surface area contributed by atoms with Crippen molar-refractivity contribution in [1.82, 2.24) is 14.9 Å². The van der Waals surface area contributed by atoms with Gasteiger partial charge in [0, 0.05) is 19.3 Å². The maximum atomic E-state index is 12.3. The number of nitrogens with one attached hydrogen (secondary N) is 1. The summed E-state index contributed by atoms with van der Waals surface area (Å²) in [4.78, 5) is 16.9. The topological polar surface area (TPSA) is 56.2 Å². The molecule has 1 atom stereocenters. The Balaban J connectivity index is 1.92. The smallest absolute Gasteiger partial charge is 0.230 e. The first-order chi connectivity index (χ1) is 12.5. The highest BCUT2D eigenvalue weighted by atomic mass is 32.2. The Kier molecular flexibility index (Phi) is 7.72. The minimum atomic E-state index is -0.00860. The summed E-state index contributed by atoms with van der Waals surface area (Å²) < 4.78 is 7.29. The zero-order valence-corrected chi connectivity index (χ0v) is 17.2. The Morgan fingerprint density at radius 3 is 2.62 bits per heavy atom. The number of hydrogen-bond acceptors (Lipinski definition) is 4. The molecule has 1 amide bonds. The van der Waals surface area contributed by atoms with E-state index in [0.29, 0.717) is 12.4 Å². The van der Waals surface area contributed by atoms with E-state index in [2.05, 4.69) is 46.1 Å². The zero-order chi connectivity index (χ0) is 19.1. The average molecular weight is 376 g/mol. The van der Waals surface area contributed by atoms with E-state index >= 15 is 0 Å². The molecule has 1 N–H and O–H groups in total. The Bertz CT molecular complexity index is 725. The maximum Gasteiger partial charge on any atom is 0.230 e. The Hall–Kier alpha value is -1.79. The van der Waals surface area contributed by atoms with Crippen molar-refractivity contribution >= 4 is 17.7 Å². The second-order valence-corrected chi connectivity index (χ2v) is 7.33. The van der Waals surface area contributed by atoms with Crippen molar-refractivity contribution in [2.45, 2.75) is 51.9 Å². The first-order valence-corrected chi connectivity index (χ1v) is 9.98. The molecule has 0 aliphatic heterocycles. The Labute approximate surface area is 160 Å². The molecule has 0 bridgehead atoms. The van der Waals surface area contributed by atoms with Crippen molar-refractivity contribution in [2.24, 2.45) is 0 Å². The summed E-state index contributed by atoms with van der Waals surface area (Å²) in [7, 11) is 1.69. The van der Waals surface area contributed by atoms with Gasteiger partial charge in [-0.25, -0.2) is 4.98 Å². The highest BCUT2D eigenvalue weighted by Gasteiger charge is 2.15. The lowest BCUT2D eigenvalue weighted by Crippen LogP contribution is -2.28. The van der Waals surface area contributed by atoms with Gasteiger partial charge in [-0.2, -0.15) is 0 Å². The summed E-state index contributed by atoms with van der Waals surface area (Å²) in [6.45, 7) is 9.55. The van der Waals surface area contributed by atoms with Crippen LogP contribution >= 0.6 is 11.8 Å². The maximum absolute atomic E-state index is 12.3. The van der Waals surface area contributed by atoms with Crippen LogP contribution in [0, 0.1) is 13.8 Å². The van der Waals surface area contributed by atoms with Crippen LogP contribution in [0.5, 0.6) is 0 Å². The SMILES string of the molecule is CCc1ccc(C(C)NC(=O)CSc2nc(C)c(C)n2CCOC)cc1. The van der Waals surface area contributed by atoms with Gasteiger partial charge in [-0.3, -0.25) is 4.79 Å². The van der Waals surface area contributed by atoms with Crippen LogP contribution in [0.1, 0.15) is 42.4 Å². The molecule has 0 aliphatic rings. The number of hydrogen-bond donors (Lipinski definition) is 1. The van der Waals surface area contributed by atoms with E-state index < -0.39 is 0 Å². The largest absolute Gasteiger partial charge is 0.383 e. The fourth-order valence-corrected chi connectivity index (χ4v) is 3.65. The molecule has 6 heteroatoms. The minimum Gasteiger partial charge on any atom is -0.383 e. The lowest BCUT2D eigenvalue weighted by atomic mass is 10.1. The number of nitrogens with zero attached hydrogens (tertiary/aromatic N) is 2. The molecular weight excluding hydrogens is 346 g/mol. The predicted molar refractivity (Wildman–Crippen MR) is 107 cm³/mol. The molecule has 1 aromatic heterocycles. The molecule has 0 aliphatic carbocycles. The van der Waals surface area contributed by atoms with Gasteiger partial charge in [0.2, 0.25) is 5.91 Å². The summed E-state index contributed by atoms with van der Waals surface area (Å²) in [5, 5.41) is 3.93. The third kappa shape index (κ3) is 5.35. The number of aryl methyl sites for hydroxylation is 2. The highest BCUT2D eigenvalue weighted by Crippen LogP contribution is 2.21. The van der Waals surface area contributed by atoms with E-state index in [0.717, 1.165) is 35.1 Å². The van der Waals surface area contributed by atoms with Crippen LogP contribution in [0.15, 0.2) is 29.4 Å². The fourth-order valence-electron chi connectivity index (χ4n) is 2.72. The van der Waals surface area contributed by atoms with Crippen LogP contribution in [-0.4, -0.2) is 34.9 Å². The van der Waals surface area contributed by atoms with Gasteiger partial charge in [-0.1, -0.05) is 43.0 Å². The van der Waals surface area contributed by atoms with Gasteiger partial charge in [-0.15, -0.1) is 0 Å². The number of carbonyl (C=O) groups excluding carboxylic acids is 1. The molecule has 0 saturated heterocycles. The number of methoxy groups -OCH3 is 1. The van der Waals surface area contributed by atoms with Gasteiger partial charge in [-0.05, 0) is 38.3 Å². The summed E-state index contributed by atoms with van der Waals surface area (Å²) >= 11 is 1.47. The van der Waals surface area contributed by atoms with Gasteiger partial charge >= 0.3 is 0 Å². The lowest BCUT2D eigenvalue weighted by molar-refractivity contribution is -0.119. The Morgan fingerprint density at radius 1 is 1.31 bits per heavy atom. The summed E-state index contributed by atoms with van der Waals surface area (Å²) in [6.07, 6.45) is 1.02. The summed E-state index contributed by atoms with van der Waals surface area (Å²) in [6, 6.07) is 8.39. The molecule has 0 fully saturated rings. The summed E-state index contributed by atoms with van der Waals surface area (Å²) in [5.74, 6) is 0.360. The number of rotatable bonds is 9. The van der Waals surface area contributed by atoms with E-state index in [9.17, 15) is 4.79 Å². The average Bonchev–Trinajstić information content (AvgIpc) is 2.92. The number of ether oxygens (including phenoxy) is 1. The van der Waals surface area contributed by atoms with E-state index in [1.54, 1.807) is 7.11 Å². The molecule has 2 aromatic rings. The predicted octanol–water partition coefficient (Wildman–Crippen LogP) is 3.68. The highest BCUT2D eigenvalue weighted by molar-refractivity contribution is 7.99. The minimum absolute atomic E-state index is 0.00860. The standard InChI is InChI=1S/C20H29N3O2S/c1-6-17-7-9-18(10-8-17)15(3)21-19(24)13-26-20-22-14(2)16(4)23(20)11-12-25-5/h7-10,15H,6,11-13H2,1-5H3,(H,21,24). The number of amides is 1. The van der Waals surface area contributed by atoms with Crippen LogP contribution in [0.2, 0.25) is 0 Å². The van der Waals surface area contributed by atoms with Crippen molar-refractivity contribution in [1.29, 1.82) is 0 Å². The van der Waals surface area contributed by atoms with Crippen molar-refractivity contribution in [3.63, 3.8) is 0 Å². The molecule has 0 spiro atoms. The number of thioether (sulfide) groups is 1. The van der Waals surface area contributed by atoms with Gasteiger partial charge in [0.25, 0.3) is 0 Å². The first-order valence-electron chi connectivity index (χ1n) is 8.99. The van der Waals surface area contributed by atoms with Crippen molar-refractivity contribution in [2.75, 3.05) is 19.5 Å². The van der Waals surface area contributed by atoms with E-state index in [1.807, 2.05) is 20.8 Å². The molecule has 142 valence electrons. The summed E-state index contributed by atoms with van der Waals surface area (Å²) in [5.41, 5.74) is 4.54. The molecule has 26 heavy (non-hydrogen) atoms. The van der Waals surface area contributed by atoms with Crippen LogP contribution in [0.25, 0.3) is 0 Å². The third-order valence-electron chi connectivity index (χ3n) is 4.54. The quantitative estimate of drug-likeness (QED) is 0.679. The second-order valence-electron chi connectivity index (χ2n) is 6.38. The van der Waals surface area contributed by atoms with Crippen molar-refractivity contribution in [3.05, 3.63) is 46.8 Å². The molecule has 1 heterocycles. The van der Waals surface area contributed by atoms with Crippen molar-refractivity contribution < 1.29 is 9.53 Å². The monoisotopic (exact) mass is 375 g/mol. The second kappa shape index (κ2) is 9.78. The van der Waals surface area contributed by atoms with Gasteiger partial charge in [0.05, 0.1) is 24.1 Å². The molecule has 5 nitrogen and oxygen atoms in total. The number of carbonyl (C=O) groups is 1. The lowest BCUT2D eigenvalue weighted by Gasteiger charge is -2.15. The first kappa shape index (κ1) is 20.5. The van der Waals surface area contributed by atoms with Gasteiger partial charge in [0.1, 0.15) is 0 Å². The number of imidazole rings is 1. The van der Waals surface area contributed by atoms with Gasteiger partial charge in [0.15, 0.2) is 5.16 Å². The van der Waals surface area contributed by atoms with E-state index in [-0.39, 0.29) is 11.9 Å².